The molecule has 0 bridgehead atoms. The van der Waals surface area contributed by atoms with Crippen LogP contribution in [0.15, 0.2) is 18.7 Å². The van der Waals surface area contributed by atoms with Crippen LogP contribution in [0.5, 0.6) is 0 Å². The number of amides is 4. The predicted octanol–water partition coefficient (Wildman–Crippen LogP) is 1.47. The quantitative estimate of drug-likeness (QED) is 0.303. The predicted molar refractivity (Wildman–Crippen MR) is 93.8 cm³/mol. The van der Waals surface area contributed by atoms with Gasteiger partial charge >= 0.3 is 17.8 Å². The smallest absolute Gasteiger partial charge is 0.334 e. The molecule has 1 saturated heterocycles. The number of hydrogen-bond acceptors (Lipinski definition) is 5. The van der Waals surface area contributed by atoms with Gasteiger partial charge in [-0.3, -0.25) is 19.3 Å². The lowest BCUT2D eigenvalue weighted by atomic mass is 10.1. The Bertz CT molecular complexity index is 780. The molecule has 1 aliphatic heterocycles. The summed E-state index contributed by atoms with van der Waals surface area (Å²) in [4.78, 5) is 50.2. The van der Waals surface area contributed by atoms with Crippen LogP contribution in [-0.2, 0) is 14.3 Å². The Kier molecular flexibility index (Phi) is 5.76. The number of nitrogens with zero attached hydrogens (tertiary/aromatic N) is 3. The van der Waals surface area contributed by atoms with Crippen molar-refractivity contribution in [3.8, 4) is 0 Å². The third kappa shape index (κ3) is 3.32. The van der Waals surface area contributed by atoms with Crippen molar-refractivity contribution in [2.45, 2.75) is 26.8 Å². The first-order valence-corrected chi connectivity index (χ1v) is 8.23. The van der Waals surface area contributed by atoms with E-state index in [1.165, 1.54) is 6.08 Å². The molecule has 2 rings (SSSR count). The Morgan fingerprint density at radius 1 is 1.23 bits per heavy atom. The van der Waals surface area contributed by atoms with Crippen LogP contribution in [0.4, 0.5) is 4.79 Å². The summed E-state index contributed by atoms with van der Waals surface area (Å²) in [5.41, 5.74) is 2.02. The van der Waals surface area contributed by atoms with Crippen LogP contribution in [0.1, 0.15) is 34.7 Å². The second kappa shape index (κ2) is 7.65. The molecule has 8 heteroatoms. The van der Waals surface area contributed by atoms with Gasteiger partial charge in [0.1, 0.15) is 0 Å². The molecule has 1 atom stereocenters. The van der Waals surface area contributed by atoms with Crippen LogP contribution in [0, 0.1) is 13.8 Å². The van der Waals surface area contributed by atoms with Crippen molar-refractivity contribution < 1.29 is 23.9 Å². The van der Waals surface area contributed by atoms with Crippen LogP contribution < -0.4 is 0 Å². The summed E-state index contributed by atoms with van der Waals surface area (Å²) in [6, 6.07) is 0.953. The van der Waals surface area contributed by atoms with Crippen molar-refractivity contribution in [3.63, 3.8) is 0 Å². The van der Waals surface area contributed by atoms with E-state index in [1.54, 1.807) is 20.1 Å². The molecule has 2 heterocycles. The van der Waals surface area contributed by atoms with E-state index in [9.17, 15) is 19.2 Å². The fourth-order valence-corrected chi connectivity index (χ4v) is 3.26. The number of rotatable bonds is 8. The highest BCUT2D eigenvalue weighted by Gasteiger charge is 2.44. The number of carbonyl (C=O) groups excluding carboxylic acids is 4. The number of ketones is 1. The van der Waals surface area contributed by atoms with Crippen LogP contribution in [0.2, 0.25) is 0 Å². The first-order valence-electron chi connectivity index (χ1n) is 8.23. The largest absolute Gasteiger partial charge is 0.383 e. The van der Waals surface area contributed by atoms with E-state index in [0.29, 0.717) is 17.1 Å². The number of Topliss-reactive ketones (excluding diaryl/α,β-unsaturated/α-hetero) is 1. The molecule has 1 aliphatic rings. The molecule has 0 aromatic carbocycles. The van der Waals surface area contributed by atoms with Gasteiger partial charge in [0, 0.05) is 30.6 Å². The van der Waals surface area contributed by atoms with E-state index < -0.39 is 30.2 Å². The second-order valence-electron chi connectivity index (χ2n) is 6.26. The van der Waals surface area contributed by atoms with Crippen molar-refractivity contribution in [3.05, 3.63) is 35.7 Å². The SMILES string of the molecule is C=CCN1C(=O)C(=O)N(CC(=O)c2cc(C)n([C@@H](C)COC)c2C)C1=O. The minimum Gasteiger partial charge on any atom is -0.383 e. The third-order valence-electron chi connectivity index (χ3n) is 4.38. The molecule has 4 amide bonds. The average Bonchev–Trinajstić information content (AvgIpc) is 2.99. The Morgan fingerprint density at radius 2 is 1.85 bits per heavy atom. The van der Waals surface area contributed by atoms with E-state index in [2.05, 4.69) is 6.58 Å². The Morgan fingerprint density at radius 3 is 2.42 bits per heavy atom. The maximum Gasteiger partial charge on any atom is 0.334 e. The molecule has 0 saturated carbocycles. The zero-order valence-corrected chi connectivity index (χ0v) is 15.4. The Hall–Kier alpha value is -2.74. The van der Waals surface area contributed by atoms with Crippen molar-refractivity contribution in [2.24, 2.45) is 0 Å². The first kappa shape index (κ1) is 19.6. The van der Waals surface area contributed by atoms with E-state index in [1.807, 2.05) is 18.4 Å². The number of urea groups is 1. The first-order chi connectivity index (χ1) is 12.2. The van der Waals surface area contributed by atoms with Gasteiger partial charge in [-0.2, -0.15) is 0 Å². The van der Waals surface area contributed by atoms with E-state index >= 15 is 0 Å². The van der Waals surface area contributed by atoms with E-state index in [4.69, 9.17) is 4.74 Å². The summed E-state index contributed by atoms with van der Waals surface area (Å²) in [6.45, 7) is 9.03. The molecule has 8 nitrogen and oxygen atoms in total. The lowest BCUT2D eigenvalue weighted by molar-refractivity contribution is -0.142. The maximum atomic E-state index is 12.7. The van der Waals surface area contributed by atoms with Gasteiger partial charge in [-0.05, 0) is 26.8 Å². The van der Waals surface area contributed by atoms with Crippen molar-refractivity contribution in [2.75, 3.05) is 26.8 Å². The van der Waals surface area contributed by atoms with Crippen molar-refractivity contribution in [1.82, 2.24) is 14.4 Å². The lowest BCUT2D eigenvalue weighted by Crippen LogP contribution is -2.37. The zero-order valence-electron chi connectivity index (χ0n) is 15.4. The van der Waals surface area contributed by atoms with Gasteiger partial charge in [0.25, 0.3) is 0 Å². The topological polar surface area (TPSA) is 88.9 Å². The highest BCUT2D eigenvalue weighted by Crippen LogP contribution is 2.22. The van der Waals surface area contributed by atoms with Gasteiger partial charge in [0.05, 0.1) is 19.2 Å². The number of ether oxygens (including phenoxy) is 1. The standard InChI is InChI=1S/C18H23N3O5/c1-6-7-19-16(23)17(24)20(18(19)25)9-15(22)14-8-11(2)21(13(14)4)12(3)10-26-5/h6,8,12H,1,7,9-10H2,2-5H3/t12-/m0/s1. The molecule has 0 spiro atoms. The fraction of sp³-hybridized carbons (Fsp3) is 0.444. The zero-order chi connectivity index (χ0) is 19.6. The number of methoxy groups -OCH3 is 1. The molecule has 1 fully saturated rings. The Labute approximate surface area is 152 Å². The molecule has 0 aliphatic carbocycles. The van der Waals surface area contributed by atoms with Crippen molar-refractivity contribution in [1.29, 1.82) is 0 Å². The highest BCUT2D eigenvalue weighted by atomic mass is 16.5. The van der Waals surface area contributed by atoms with Gasteiger partial charge in [0.15, 0.2) is 5.78 Å². The summed E-state index contributed by atoms with van der Waals surface area (Å²) in [6.07, 6.45) is 1.35. The van der Waals surface area contributed by atoms with Gasteiger partial charge in [-0.1, -0.05) is 6.08 Å². The van der Waals surface area contributed by atoms with E-state index in [0.717, 1.165) is 16.3 Å². The van der Waals surface area contributed by atoms with E-state index in [-0.39, 0.29) is 12.6 Å². The summed E-state index contributed by atoms with van der Waals surface area (Å²) in [5, 5.41) is 0. The number of imide groups is 2. The molecule has 0 radical (unpaired) electrons. The monoisotopic (exact) mass is 361 g/mol. The highest BCUT2D eigenvalue weighted by molar-refractivity contribution is 6.45. The average molecular weight is 361 g/mol. The summed E-state index contributed by atoms with van der Waals surface area (Å²) in [5.74, 6) is -2.34. The lowest BCUT2D eigenvalue weighted by Gasteiger charge is -2.18. The van der Waals surface area contributed by atoms with Crippen LogP contribution >= 0.6 is 0 Å². The maximum absolute atomic E-state index is 12.7. The number of aryl methyl sites for hydroxylation is 1. The van der Waals surface area contributed by atoms with Crippen LogP contribution in [-0.4, -0.2) is 64.8 Å². The number of hydrogen-bond donors (Lipinski definition) is 0. The molecule has 0 unspecified atom stereocenters. The van der Waals surface area contributed by atoms with Gasteiger partial charge in [0.2, 0.25) is 0 Å². The third-order valence-corrected chi connectivity index (χ3v) is 4.38. The molecule has 1 aromatic rings. The molecular weight excluding hydrogens is 338 g/mol. The second-order valence-corrected chi connectivity index (χ2v) is 6.26. The van der Waals surface area contributed by atoms with Gasteiger partial charge < -0.3 is 9.30 Å². The number of carbonyl (C=O) groups is 4. The molecule has 140 valence electrons. The molecular formula is C18H23N3O5. The molecule has 1 aromatic heterocycles. The normalized spacial score (nSPS) is 15.8. The van der Waals surface area contributed by atoms with Crippen molar-refractivity contribution >= 4 is 23.6 Å². The van der Waals surface area contributed by atoms with Gasteiger partial charge in [-0.15, -0.1) is 6.58 Å². The van der Waals surface area contributed by atoms with Crippen LogP contribution in [0.25, 0.3) is 0 Å². The van der Waals surface area contributed by atoms with Crippen LogP contribution in [0.3, 0.4) is 0 Å². The summed E-state index contributed by atoms with van der Waals surface area (Å²) in [7, 11) is 1.60. The van der Waals surface area contributed by atoms with Gasteiger partial charge in [-0.25, -0.2) is 9.69 Å². The molecule has 0 N–H and O–H groups in total. The summed E-state index contributed by atoms with van der Waals surface area (Å²) < 4.78 is 7.14. The fourth-order valence-electron chi connectivity index (χ4n) is 3.26. The minimum absolute atomic E-state index is 0.0289. The minimum atomic E-state index is -0.994. The summed E-state index contributed by atoms with van der Waals surface area (Å²) >= 11 is 0. The number of aromatic nitrogens is 1. The Balaban J connectivity index is 2.24. The molecule has 26 heavy (non-hydrogen) atoms.